The van der Waals surface area contributed by atoms with Gasteiger partial charge in [0.15, 0.2) is 5.78 Å². The fraction of sp³-hybridized carbons (Fsp3) is 0.833. The zero-order chi connectivity index (χ0) is 18.7. The fourth-order valence-electron chi connectivity index (χ4n) is 2.79. The molecule has 1 saturated carbocycles. The summed E-state index contributed by atoms with van der Waals surface area (Å²) in [6.07, 6.45) is 3.68. The lowest BCUT2D eigenvalue weighted by Gasteiger charge is -2.28. The summed E-state index contributed by atoms with van der Waals surface area (Å²) in [6, 6.07) is 0.148. The van der Waals surface area contributed by atoms with Crippen LogP contribution in [0, 0.1) is 5.92 Å². The van der Waals surface area contributed by atoms with Gasteiger partial charge in [-0.2, -0.15) is 0 Å². The van der Waals surface area contributed by atoms with Crippen molar-refractivity contribution in [1.29, 1.82) is 0 Å². The van der Waals surface area contributed by atoms with Crippen molar-refractivity contribution >= 4 is 17.6 Å². The van der Waals surface area contributed by atoms with Crippen molar-refractivity contribution in [2.45, 2.75) is 65.0 Å². The molecule has 1 rings (SSSR count). The van der Waals surface area contributed by atoms with Gasteiger partial charge in [0.2, 0.25) is 11.8 Å². The van der Waals surface area contributed by atoms with Gasteiger partial charge in [-0.15, -0.1) is 0 Å². The average Bonchev–Trinajstić information content (AvgIpc) is 2.54. The topological polar surface area (TPSA) is 93.7 Å². The van der Waals surface area contributed by atoms with Gasteiger partial charge in [0.05, 0.1) is 19.3 Å². The molecule has 0 spiro atoms. The first kappa shape index (κ1) is 21.6. The lowest BCUT2D eigenvalue weighted by atomic mass is 9.85. The van der Waals surface area contributed by atoms with Crippen molar-refractivity contribution in [3.05, 3.63) is 0 Å². The summed E-state index contributed by atoms with van der Waals surface area (Å²) in [4.78, 5) is 34.7. The summed E-state index contributed by atoms with van der Waals surface area (Å²) < 4.78 is 10.5. The van der Waals surface area contributed by atoms with Gasteiger partial charge in [0.1, 0.15) is 6.61 Å². The number of hydrogen-bond acceptors (Lipinski definition) is 5. The molecule has 0 atom stereocenters. The molecule has 1 aliphatic carbocycles. The number of Topliss-reactive ketones (excluding diaryl/α,β-unsaturated/α-hetero) is 1. The van der Waals surface area contributed by atoms with Crippen LogP contribution in [0.15, 0.2) is 0 Å². The summed E-state index contributed by atoms with van der Waals surface area (Å²) in [6.45, 7) is 6.64. The van der Waals surface area contributed by atoms with E-state index in [1.165, 1.54) is 6.92 Å². The van der Waals surface area contributed by atoms with Crippen LogP contribution in [-0.2, 0) is 23.9 Å². The maximum absolute atomic E-state index is 12.1. The van der Waals surface area contributed by atoms with E-state index in [9.17, 15) is 14.4 Å². The highest BCUT2D eigenvalue weighted by Gasteiger charge is 2.26. The second-order valence-electron chi connectivity index (χ2n) is 6.83. The van der Waals surface area contributed by atoms with E-state index in [1.54, 1.807) is 0 Å². The largest absolute Gasteiger partial charge is 0.378 e. The molecule has 25 heavy (non-hydrogen) atoms. The van der Waals surface area contributed by atoms with Crippen LogP contribution in [0.2, 0.25) is 0 Å². The van der Waals surface area contributed by atoms with E-state index in [2.05, 4.69) is 10.6 Å². The van der Waals surface area contributed by atoms with E-state index < -0.39 is 0 Å². The van der Waals surface area contributed by atoms with E-state index >= 15 is 0 Å². The number of carbonyl (C=O) groups excluding carboxylic acids is 3. The van der Waals surface area contributed by atoms with Crippen LogP contribution in [0.5, 0.6) is 0 Å². The lowest BCUT2D eigenvalue weighted by Crippen LogP contribution is -2.41. The number of hydrogen-bond donors (Lipinski definition) is 2. The Morgan fingerprint density at radius 3 is 2.36 bits per heavy atom. The van der Waals surface area contributed by atoms with Crippen LogP contribution >= 0.6 is 0 Å². The van der Waals surface area contributed by atoms with Gasteiger partial charge in [0.25, 0.3) is 0 Å². The molecule has 0 unspecified atom stereocenters. The Hall–Kier alpha value is -1.47. The summed E-state index contributed by atoms with van der Waals surface area (Å²) in [7, 11) is 0. The first-order valence-corrected chi connectivity index (χ1v) is 9.14. The van der Waals surface area contributed by atoms with Gasteiger partial charge in [-0.25, -0.2) is 0 Å². The Labute approximate surface area is 150 Å². The number of rotatable bonds is 11. The molecule has 0 saturated heterocycles. The van der Waals surface area contributed by atoms with Crippen molar-refractivity contribution in [2.75, 3.05) is 26.4 Å². The Morgan fingerprint density at radius 1 is 1.08 bits per heavy atom. The maximum Gasteiger partial charge on any atom is 0.223 e. The average molecular weight is 356 g/mol. The van der Waals surface area contributed by atoms with Crippen molar-refractivity contribution in [3.63, 3.8) is 0 Å². The fourth-order valence-corrected chi connectivity index (χ4v) is 2.79. The molecule has 0 aromatic heterocycles. The SMILES string of the molecule is CC(=O)COCCNC(=O)C1CCC(NC(=O)CCOC(C)C)CC1. The Kier molecular flexibility index (Phi) is 10.3. The van der Waals surface area contributed by atoms with Gasteiger partial charge >= 0.3 is 0 Å². The molecule has 0 aliphatic heterocycles. The number of ketones is 1. The van der Waals surface area contributed by atoms with Crippen molar-refractivity contribution in [3.8, 4) is 0 Å². The van der Waals surface area contributed by atoms with Crippen molar-refractivity contribution < 1.29 is 23.9 Å². The number of nitrogens with one attached hydrogen (secondary N) is 2. The maximum atomic E-state index is 12.1. The van der Waals surface area contributed by atoms with Crippen LogP contribution in [0.1, 0.15) is 52.9 Å². The number of ether oxygens (including phenoxy) is 2. The van der Waals surface area contributed by atoms with Crippen molar-refractivity contribution in [2.24, 2.45) is 5.92 Å². The monoisotopic (exact) mass is 356 g/mol. The van der Waals surface area contributed by atoms with Crippen LogP contribution in [0.3, 0.4) is 0 Å². The molecule has 1 fully saturated rings. The Bertz CT molecular complexity index is 431. The molecule has 2 amide bonds. The third kappa shape index (κ3) is 10.2. The predicted molar refractivity (Wildman–Crippen MR) is 94.1 cm³/mol. The van der Waals surface area contributed by atoms with Crippen LogP contribution < -0.4 is 10.6 Å². The second kappa shape index (κ2) is 12.0. The van der Waals surface area contributed by atoms with E-state index in [1.807, 2.05) is 13.8 Å². The minimum Gasteiger partial charge on any atom is -0.378 e. The highest BCUT2D eigenvalue weighted by molar-refractivity contribution is 5.79. The molecule has 1 aliphatic rings. The van der Waals surface area contributed by atoms with Crippen LogP contribution in [-0.4, -0.2) is 56.1 Å². The van der Waals surface area contributed by atoms with Gasteiger partial charge in [-0.3, -0.25) is 14.4 Å². The van der Waals surface area contributed by atoms with E-state index in [-0.39, 0.29) is 42.3 Å². The Balaban J connectivity index is 2.12. The zero-order valence-corrected chi connectivity index (χ0v) is 15.6. The summed E-state index contributed by atoms with van der Waals surface area (Å²) in [5, 5.41) is 5.86. The first-order chi connectivity index (χ1) is 11.9. The molecular weight excluding hydrogens is 324 g/mol. The predicted octanol–water partition coefficient (Wildman–Crippen LogP) is 1.20. The first-order valence-electron chi connectivity index (χ1n) is 9.14. The van der Waals surface area contributed by atoms with Gasteiger partial charge < -0.3 is 20.1 Å². The molecule has 0 bridgehead atoms. The minimum absolute atomic E-state index is 0.00904. The summed E-state index contributed by atoms with van der Waals surface area (Å²) >= 11 is 0. The normalized spacial score (nSPS) is 20.3. The molecule has 0 aromatic carbocycles. The zero-order valence-electron chi connectivity index (χ0n) is 15.6. The number of carbonyl (C=O) groups is 3. The molecule has 0 radical (unpaired) electrons. The molecule has 0 heterocycles. The third-order valence-corrected chi connectivity index (χ3v) is 4.09. The molecule has 7 nitrogen and oxygen atoms in total. The van der Waals surface area contributed by atoms with E-state index in [0.29, 0.717) is 26.2 Å². The summed E-state index contributed by atoms with van der Waals surface area (Å²) in [5.74, 6) is 0.00500. The minimum atomic E-state index is -0.0255. The molecular formula is C18H32N2O5. The quantitative estimate of drug-likeness (QED) is 0.543. The molecule has 7 heteroatoms. The van der Waals surface area contributed by atoms with Gasteiger partial charge in [-0.05, 0) is 46.5 Å². The van der Waals surface area contributed by atoms with Crippen LogP contribution in [0.4, 0.5) is 0 Å². The summed E-state index contributed by atoms with van der Waals surface area (Å²) in [5.41, 5.74) is 0. The van der Waals surface area contributed by atoms with E-state index in [0.717, 1.165) is 25.7 Å². The van der Waals surface area contributed by atoms with Gasteiger partial charge in [-0.1, -0.05) is 0 Å². The van der Waals surface area contributed by atoms with Crippen LogP contribution in [0.25, 0.3) is 0 Å². The standard InChI is InChI=1S/C18H32N2O5/c1-13(2)25-10-8-17(22)20-16-6-4-15(5-7-16)18(23)19-9-11-24-12-14(3)21/h13,15-16H,4-12H2,1-3H3,(H,19,23)(H,20,22). The Morgan fingerprint density at radius 2 is 1.76 bits per heavy atom. The van der Waals surface area contributed by atoms with Gasteiger partial charge in [0, 0.05) is 24.9 Å². The molecule has 144 valence electrons. The molecule has 2 N–H and O–H groups in total. The molecule has 0 aromatic rings. The second-order valence-corrected chi connectivity index (χ2v) is 6.83. The highest BCUT2D eigenvalue weighted by Crippen LogP contribution is 2.24. The number of amides is 2. The van der Waals surface area contributed by atoms with E-state index in [4.69, 9.17) is 9.47 Å². The third-order valence-electron chi connectivity index (χ3n) is 4.09. The highest BCUT2D eigenvalue weighted by atomic mass is 16.5. The lowest BCUT2D eigenvalue weighted by molar-refractivity contribution is -0.126. The smallest absolute Gasteiger partial charge is 0.223 e. The van der Waals surface area contributed by atoms with Crippen molar-refractivity contribution in [1.82, 2.24) is 10.6 Å².